The van der Waals surface area contributed by atoms with Crippen molar-refractivity contribution in [2.75, 3.05) is 0 Å². The van der Waals surface area contributed by atoms with Crippen molar-refractivity contribution in [3.8, 4) is 0 Å². The average Bonchev–Trinajstić information content (AvgIpc) is 2.38. The van der Waals surface area contributed by atoms with Crippen molar-refractivity contribution in [2.24, 2.45) is 11.1 Å². The Morgan fingerprint density at radius 3 is 1.85 bits per heavy atom. The summed E-state index contributed by atoms with van der Waals surface area (Å²) in [5.41, 5.74) is 10.1. The smallest absolute Gasteiger partial charge is 0.0353 e. The van der Waals surface area contributed by atoms with Crippen molar-refractivity contribution in [3.63, 3.8) is 0 Å². The van der Waals surface area contributed by atoms with Gasteiger partial charge in [-0.1, -0.05) is 60.7 Å². The average molecular weight is 286 g/mol. The van der Waals surface area contributed by atoms with Gasteiger partial charge in [-0.05, 0) is 41.2 Å². The van der Waals surface area contributed by atoms with E-state index in [2.05, 4.69) is 60.7 Å². The maximum absolute atomic E-state index is 6.51. The normalized spacial score (nSPS) is 31.4. The lowest BCUT2D eigenvalue weighted by Gasteiger charge is -2.73. The zero-order chi connectivity index (χ0) is 12.9. The van der Waals surface area contributed by atoms with E-state index in [-0.39, 0.29) is 18.4 Å². The van der Waals surface area contributed by atoms with Crippen molar-refractivity contribution in [1.82, 2.24) is 0 Å². The third-order valence-electron chi connectivity index (χ3n) is 5.28. The van der Waals surface area contributed by atoms with E-state index in [9.17, 15) is 0 Å². The molecule has 1 unspecified atom stereocenters. The van der Waals surface area contributed by atoms with Gasteiger partial charge in [0.05, 0.1) is 0 Å². The predicted molar refractivity (Wildman–Crippen MR) is 85.0 cm³/mol. The minimum Gasteiger partial charge on any atom is -0.323 e. The number of halogens is 1. The van der Waals surface area contributed by atoms with Gasteiger partial charge < -0.3 is 5.73 Å². The van der Waals surface area contributed by atoms with E-state index in [0.717, 1.165) is 0 Å². The Kier molecular flexibility index (Phi) is 3.15. The predicted octanol–water partition coefficient (Wildman–Crippen LogP) is 4.23. The fourth-order valence-electron chi connectivity index (χ4n) is 4.31. The SMILES string of the molecule is Cl.NC(c1ccccc1)C12CC(c3ccccc3)(C1)C2. The number of benzene rings is 2. The molecule has 20 heavy (non-hydrogen) atoms. The summed E-state index contributed by atoms with van der Waals surface area (Å²) < 4.78 is 0. The van der Waals surface area contributed by atoms with E-state index in [1.807, 2.05) is 0 Å². The van der Waals surface area contributed by atoms with Crippen LogP contribution in [-0.2, 0) is 5.41 Å². The molecule has 2 aromatic rings. The van der Waals surface area contributed by atoms with Gasteiger partial charge in [0.1, 0.15) is 0 Å². The van der Waals surface area contributed by atoms with E-state index in [1.54, 1.807) is 0 Å². The summed E-state index contributed by atoms with van der Waals surface area (Å²) in [7, 11) is 0. The van der Waals surface area contributed by atoms with Crippen LogP contribution in [0.15, 0.2) is 60.7 Å². The lowest BCUT2D eigenvalue weighted by molar-refractivity contribution is -0.159. The number of nitrogens with two attached hydrogens (primary N) is 1. The molecule has 5 rings (SSSR count). The summed E-state index contributed by atoms with van der Waals surface area (Å²) in [6.07, 6.45) is 3.79. The van der Waals surface area contributed by atoms with Crippen molar-refractivity contribution < 1.29 is 0 Å². The van der Waals surface area contributed by atoms with Crippen LogP contribution in [0.2, 0.25) is 0 Å². The molecule has 0 amide bonds. The van der Waals surface area contributed by atoms with E-state index < -0.39 is 0 Å². The van der Waals surface area contributed by atoms with Crippen LogP contribution < -0.4 is 5.73 Å². The second-order valence-corrected chi connectivity index (χ2v) is 6.43. The van der Waals surface area contributed by atoms with E-state index in [0.29, 0.717) is 10.8 Å². The summed E-state index contributed by atoms with van der Waals surface area (Å²) in [5.74, 6) is 0. The van der Waals surface area contributed by atoms with Crippen LogP contribution in [0.25, 0.3) is 0 Å². The Bertz CT molecular complexity index is 574. The van der Waals surface area contributed by atoms with E-state index >= 15 is 0 Å². The molecular weight excluding hydrogens is 266 g/mol. The molecule has 0 saturated heterocycles. The highest BCUT2D eigenvalue weighted by Crippen LogP contribution is 2.76. The highest BCUT2D eigenvalue weighted by Gasteiger charge is 2.70. The molecule has 0 aromatic heterocycles. The maximum atomic E-state index is 6.51. The molecule has 0 heterocycles. The first-order valence-corrected chi connectivity index (χ1v) is 7.10. The van der Waals surface area contributed by atoms with Gasteiger partial charge in [-0.25, -0.2) is 0 Å². The Hall–Kier alpha value is -1.31. The van der Waals surface area contributed by atoms with E-state index in [4.69, 9.17) is 5.73 Å². The molecule has 3 aliphatic carbocycles. The topological polar surface area (TPSA) is 26.0 Å². The van der Waals surface area contributed by atoms with Crippen LogP contribution in [-0.4, -0.2) is 0 Å². The molecule has 0 radical (unpaired) electrons. The van der Waals surface area contributed by atoms with Crippen LogP contribution in [0.5, 0.6) is 0 Å². The van der Waals surface area contributed by atoms with Gasteiger partial charge in [0.25, 0.3) is 0 Å². The third kappa shape index (κ3) is 1.73. The van der Waals surface area contributed by atoms with Crippen molar-refractivity contribution in [3.05, 3.63) is 71.8 Å². The Balaban J connectivity index is 0.00000121. The van der Waals surface area contributed by atoms with Gasteiger partial charge >= 0.3 is 0 Å². The summed E-state index contributed by atoms with van der Waals surface area (Å²) in [4.78, 5) is 0. The van der Waals surface area contributed by atoms with Gasteiger partial charge in [-0.3, -0.25) is 0 Å². The molecule has 0 spiro atoms. The minimum atomic E-state index is 0. The summed E-state index contributed by atoms with van der Waals surface area (Å²) in [5, 5.41) is 0. The van der Waals surface area contributed by atoms with Crippen LogP contribution in [0.1, 0.15) is 36.4 Å². The highest BCUT2D eigenvalue weighted by atomic mass is 35.5. The molecule has 3 saturated carbocycles. The largest absolute Gasteiger partial charge is 0.323 e. The molecule has 104 valence electrons. The van der Waals surface area contributed by atoms with Gasteiger partial charge in [-0.2, -0.15) is 0 Å². The molecular formula is C18H20ClN. The van der Waals surface area contributed by atoms with Gasteiger partial charge in [0, 0.05) is 6.04 Å². The molecule has 2 bridgehead atoms. The fourth-order valence-corrected chi connectivity index (χ4v) is 4.31. The van der Waals surface area contributed by atoms with Gasteiger partial charge in [-0.15, -0.1) is 12.4 Å². The molecule has 0 aliphatic heterocycles. The molecule has 1 atom stereocenters. The minimum absolute atomic E-state index is 0. The molecule has 3 fully saturated rings. The first-order valence-electron chi connectivity index (χ1n) is 7.10. The van der Waals surface area contributed by atoms with Crippen LogP contribution in [0.3, 0.4) is 0 Å². The molecule has 2 aromatic carbocycles. The summed E-state index contributed by atoms with van der Waals surface area (Å²) in [6.45, 7) is 0. The molecule has 2 N–H and O–H groups in total. The molecule has 3 aliphatic rings. The van der Waals surface area contributed by atoms with Crippen molar-refractivity contribution in [2.45, 2.75) is 30.7 Å². The quantitative estimate of drug-likeness (QED) is 0.897. The second-order valence-electron chi connectivity index (χ2n) is 6.43. The number of rotatable bonds is 3. The number of hydrogen-bond acceptors (Lipinski definition) is 1. The van der Waals surface area contributed by atoms with Crippen molar-refractivity contribution >= 4 is 12.4 Å². The summed E-state index contributed by atoms with van der Waals surface area (Å²) >= 11 is 0. The van der Waals surface area contributed by atoms with Gasteiger partial charge in [0.15, 0.2) is 0 Å². The van der Waals surface area contributed by atoms with Gasteiger partial charge in [0.2, 0.25) is 0 Å². The zero-order valence-corrected chi connectivity index (χ0v) is 12.3. The molecule has 2 heteroatoms. The first-order chi connectivity index (χ1) is 9.24. The van der Waals surface area contributed by atoms with Crippen molar-refractivity contribution in [1.29, 1.82) is 0 Å². The lowest BCUT2D eigenvalue weighted by Crippen LogP contribution is -2.68. The summed E-state index contributed by atoms with van der Waals surface area (Å²) in [6, 6.07) is 21.7. The molecule has 1 nitrogen and oxygen atoms in total. The lowest BCUT2D eigenvalue weighted by atomic mass is 9.31. The highest BCUT2D eigenvalue weighted by molar-refractivity contribution is 5.85. The fraction of sp³-hybridized carbons (Fsp3) is 0.333. The van der Waals surface area contributed by atoms with Crippen LogP contribution in [0.4, 0.5) is 0 Å². The third-order valence-corrected chi connectivity index (χ3v) is 5.28. The standard InChI is InChI=1S/C18H19N.ClH/c19-16(14-7-3-1-4-8-14)18-11-17(12-18,13-18)15-9-5-2-6-10-15;/h1-10,16H,11-13,19H2;1H. The number of hydrogen-bond donors (Lipinski definition) is 1. The Morgan fingerprint density at radius 2 is 1.30 bits per heavy atom. The maximum Gasteiger partial charge on any atom is 0.0353 e. The zero-order valence-electron chi connectivity index (χ0n) is 11.5. The van der Waals surface area contributed by atoms with Crippen LogP contribution in [0, 0.1) is 5.41 Å². The van der Waals surface area contributed by atoms with E-state index in [1.165, 1.54) is 30.4 Å². The second kappa shape index (κ2) is 4.61. The Labute approximate surface area is 126 Å². The first kappa shape index (κ1) is 13.7. The monoisotopic (exact) mass is 285 g/mol. The van der Waals surface area contributed by atoms with Crippen LogP contribution >= 0.6 is 12.4 Å². The Morgan fingerprint density at radius 1 is 0.800 bits per heavy atom.